The normalized spacial score (nSPS) is 10.8. The van der Waals surface area contributed by atoms with E-state index in [0.717, 1.165) is 35.6 Å². The van der Waals surface area contributed by atoms with Gasteiger partial charge in [-0.25, -0.2) is 0 Å². The predicted molar refractivity (Wildman–Crippen MR) is 85.7 cm³/mol. The smallest absolute Gasteiger partial charge is 0.165 e. The molecule has 114 valence electrons. The molecule has 0 spiro atoms. The van der Waals surface area contributed by atoms with Crippen LogP contribution in [0, 0.1) is 0 Å². The average Bonchev–Trinajstić information content (AvgIpc) is 2.93. The van der Waals surface area contributed by atoms with E-state index in [4.69, 9.17) is 9.47 Å². The van der Waals surface area contributed by atoms with Crippen LogP contribution in [-0.2, 0) is 17.8 Å². The second kappa shape index (κ2) is 8.17. The summed E-state index contributed by atoms with van der Waals surface area (Å²) >= 11 is 3.58. The van der Waals surface area contributed by atoms with Crippen molar-refractivity contribution in [2.45, 2.75) is 20.0 Å². The lowest BCUT2D eigenvalue weighted by atomic mass is 10.2. The molecule has 0 aliphatic carbocycles. The molecule has 0 unspecified atom stereocenters. The first kappa shape index (κ1) is 16.0. The van der Waals surface area contributed by atoms with Crippen molar-refractivity contribution in [3.8, 4) is 11.5 Å². The van der Waals surface area contributed by atoms with Crippen molar-refractivity contribution in [1.82, 2.24) is 15.1 Å². The summed E-state index contributed by atoms with van der Waals surface area (Å²) in [6.07, 6.45) is 3.60. The maximum Gasteiger partial charge on any atom is 0.165 e. The zero-order chi connectivity index (χ0) is 15.1. The minimum Gasteiger partial charge on any atom is -0.454 e. The largest absolute Gasteiger partial charge is 0.454 e. The molecule has 1 aromatic heterocycles. The molecule has 0 bridgehead atoms. The molecule has 0 atom stereocenters. The van der Waals surface area contributed by atoms with Crippen LogP contribution in [0.2, 0.25) is 0 Å². The number of halogens is 1. The number of aryl methyl sites for hydroxylation is 1. The Morgan fingerprint density at radius 3 is 2.86 bits per heavy atom. The predicted octanol–water partition coefficient (Wildman–Crippen LogP) is 3.19. The maximum absolute atomic E-state index is 5.79. The summed E-state index contributed by atoms with van der Waals surface area (Å²) in [7, 11) is 1.70. The van der Waals surface area contributed by atoms with Crippen molar-refractivity contribution in [3.63, 3.8) is 0 Å². The number of ether oxygens (including phenoxy) is 2. The van der Waals surface area contributed by atoms with E-state index in [2.05, 4.69) is 26.3 Å². The summed E-state index contributed by atoms with van der Waals surface area (Å²) in [6.45, 7) is 5.20. The number of aromatic nitrogens is 2. The summed E-state index contributed by atoms with van der Waals surface area (Å²) in [4.78, 5) is 0. The zero-order valence-electron chi connectivity index (χ0n) is 12.3. The molecule has 2 aromatic rings. The highest BCUT2D eigenvalue weighted by atomic mass is 79.9. The lowest BCUT2D eigenvalue weighted by molar-refractivity contribution is 0.199. The molecule has 0 fully saturated rings. The summed E-state index contributed by atoms with van der Waals surface area (Å²) in [5.74, 6) is 1.54. The molecule has 5 nitrogen and oxygen atoms in total. The van der Waals surface area contributed by atoms with Gasteiger partial charge in [0.25, 0.3) is 0 Å². The summed E-state index contributed by atoms with van der Waals surface area (Å²) < 4.78 is 13.6. The van der Waals surface area contributed by atoms with Crippen LogP contribution in [0.15, 0.2) is 35.1 Å². The highest BCUT2D eigenvalue weighted by Gasteiger charge is 2.05. The topological polar surface area (TPSA) is 48.3 Å². The Labute approximate surface area is 133 Å². The Morgan fingerprint density at radius 1 is 1.33 bits per heavy atom. The molecule has 21 heavy (non-hydrogen) atoms. The van der Waals surface area contributed by atoms with Crippen molar-refractivity contribution in [1.29, 1.82) is 0 Å². The molecule has 0 saturated heterocycles. The minimum absolute atomic E-state index is 0.709. The highest BCUT2D eigenvalue weighted by molar-refractivity contribution is 9.10. The highest BCUT2D eigenvalue weighted by Crippen LogP contribution is 2.26. The zero-order valence-corrected chi connectivity index (χ0v) is 13.9. The molecule has 1 N–H and O–H groups in total. The number of hydrogen-bond donors (Lipinski definition) is 1. The molecule has 1 heterocycles. The maximum atomic E-state index is 5.79. The molecule has 2 rings (SSSR count). The number of rotatable bonds is 8. The summed E-state index contributed by atoms with van der Waals surface area (Å²) in [6, 6.07) is 5.97. The van der Waals surface area contributed by atoms with Crippen LogP contribution in [0.4, 0.5) is 0 Å². The van der Waals surface area contributed by atoms with Gasteiger partial charge in [0.2, 0.25) is 0 Å². The minimum atomic E-state index is 0.709. The Hall–Kier alpha value is -1.37. The van der Waals surface area contributed by atoms with E-state index in [1.54, 1.807) is 13.3 Å². The van der Waals surface area contributed by atoms with Crippen LogP contribution in [0.25, 0.3) is 0 Å². The molecule has 6 heteroatoms. The number of methoxy groups -OCH3 is 1. The monoisotopic (exact) mass is 353 g/mol. The van der Waals surface area contributed by atoms with Crippen molar-refractivity contribution in [2.24, 2.45) is 0 Å². The molecule has 0 saturated carbocycles. The van der Waals surface area contributed by atoms with Crippen molar-refractivity contribution >= 4 is 15.9 Å². The molecule has 0 aliphatic heterocycles. The van der Waals surface area contributed by atoms with Gasteiger partial charge in [0, 0.05) is 31.2 Å². The van der Waals surface area contributed by atoms with Crippen LogP contribution in [0.3, 0.4) is 0 Å². The first-order chi connectivity index (χ1) is 10.2. The lowest BCUT2D eigenvalue weighted by Crippen LogP contribution is -2.18. The molecular weight excluding hydrogens is 334 g/mol. The van der Waals surface area contributed by atoms with E-state index >= 15 is 0 Å². The summed E-state index contributed by atoms with van der Waals surface area (Å²) in [5, 5.41) is 7.50. The van der Waals surface area contributed by atoms with E-state index in [1.807, 2.05) is 36.0 Å². The van der Waals surface area contributed by atoms with Gasteiger partial charge in [0.15, 0.2) is 5.75 Å². The Morgan fingerprint density at radius 2 is 2.19 bits per heavy atom. The van der Waals surface area contributed by atoms with Crippen LogP contribution in [-0.4, -0.2) is 30.0 Å². The standard InChI is InChI=1S/C15H20BrN3O2/c1-3-19-11-14(10-18-19)21-13-5-4-12(15(16)8-13)9-17-6-7-20-2/h4-5,8,10-11,17H,3,6-7,9H2,1-2H3. The molecule has 0 aliphatic rings. The van der Waals surface area contributed by atoms with Gasteiger partial charge in [0.1, 0.15) is 5.75 Å². The Bertz CT molecular complexity index is 572. The van der Waals surface area contributed by atoms with Crippen molar-refractivity contribution in [2.75, 3.05) is 20.3 Å². The van der Waals surface area contributed by atoms with Gasteiger partial charge < -0.3 is 14.8 Å². The Kier molecular flexibility index (Phi) is 6.22. The van der Waals surface area contributed by atoms with Gasteiger partial charge in [-0.2, -0.15) is 5.10 Å². The van der Waals surface area contributed by atoms with Gasteiger partial charge in [-0.1, -0.05) is 22.0 Å². The number of nitrogens with one attached hydrogen (secondary N) is 1. The van der Waals surface area contributed by atoms with Gasteiger partial charge in [-0.3, -0.25) is 4.68 Å². The third kappa shape index (κ3) is 4.84. The van der Waals surface area contributed by atoms with Crippen LogP contribution in [0.1, 0.15) is 12.5 Å². The van der Waals surface area contributed by atoms with Crippen molar-refractivity contribution in [3.05, 3.63) is 40.6 Å². The van der Waals surface area contributed by atoms with Crippen LogP contribution < -0.4 is 10.1 Å². The molecular formula is C15H20BrN3O2. The fourth-order valence-corrected chi connectivity index (χ4v) is 2.34. The second-order valence-electron chi connectivity index (χ2n) is 4.56. The van der Waals surface area contributed by atoms with Gasteiger partial charge >= 0.3 is 0 Å². The van der Waals surface area contributed by atoms with Crippen LogP contribution >= 0.6 is 15.9 Å². The van der Waals surface area contributed by atoms with E-state index in [1.165, 1.54) is 5.56 Å². The lowest BCUT2D eigenvalue weighted by Gasteiger charge is -2.09. The van der Waals surface area contributed by atoms with E-state index in [-0.39, 0.29) is 0 Å². The van der Waals surface area contributed by atoms with Crippen molar-refractivity contribution < 1.29 is 9.47 Å². The molecule has 0 amide bonds. The number of benzene rings is 1. The molecule has 0 radical (unpaired) electrons. The van der Waals surface area contributed by atoms with E-state index in [0.29, 0.717) is 6.61 Å². The fourth-order valence-electron chi connectivity index (χ4n) is 1.84. The first-order valence-corrected chi connectivity index (χ1v) is 7.70. The molecule has 1 aromatic carbocycles. The van der Waals surface area contributed by atoms with E-state index in [9.17, 15) is 0 Å². The fraction of sp³-hybridized carbons (Fsp3) is 0.400. The van der Waals surface area contributed by atoms with Gasteiger partial charge in [-0.05, 0) is 24.6 Å². The number of nitrogens with zero attached hydrogens (tertiary/aromatic N) is 2. The third-order valence-electron chi connectivity index (χ3n) is 2.99. The SMILES string of the molecule is CCn1cc(Oc2ccc(CNCCOC)c(Br)c2)cn1. The van der Waals surface area contributed by atoms with Crippen LogP contribution in [0.5, 0.6) is 11.5 Å². The van der Waals surface area contributed by atoms with E-state index < -0.39 is 0 Å². The average molecular weight is 354 g/mol. The second-order valence-corrected chi connectivity index (χ2v) is 5.41. The van der Waals surface area contributed by atoms with Gasteiger partial charge in [0.05, 0.1) is 19.0 Å². The third-order valence-corrected chi connectivity index (χ3v) is 3.73. The summed E-state index contributed by atoms with van der Waals surface area (Å²) in [5.41, 5.74) is 1.18. The van der Waals surface area contributed by atoms with Gasteiger partial charge in [-0.15, -0.1) is 0 Å². The quantitative estimate of drug-likeness (QED) is 0.740. The Balaban J connectivity index is 1.94. The first-order valence-electron chi connectivity index (χ1n) is 6.91. The number of hydrogen-bond acceptors (Lipinski definition) is 4.